The van der Waals surface area contributed by atoms with Crippen LogP contribution < -0.4 is 4.90 Å². The van der Waals surface area contributed by atoms with E-state index in [0.29, 0.717) is 0 Å². The van der Waals surface area contributed by atoms with Gasteiger partial charge >= 0.3 is 0 Å². The first-order valence-electron chi connectivity index (χ1n) is 16.4. The molecule has 0 aliphatic rings. The zero-order valence-electron chi connectivity index (χ0n) is 26.1. The number of hydrogen-bond acceptors (Lipinski definition) is 2. The van der Waals surface area contributed by atoms with E-state index in [-0.39, 0.29) is 0 Å². The Labute approximate surface area is 282 Å². The van der Waals surface area contributed by atoms with E-state index in [4.69, 9.17) is 0 Å². The highest BCUT2D eigenvalue weighted by Crippen LogP contribution is 2.47. The molecule has 10 rings (SSSR count). The van der Waals surface area contributed by atoms with Crippen molar-refractivity contribution in [3.05, 3.63) is 176 Å². The molecule has 0 amide bonds. The lowest BCUT2D eigenvalue weighted by atomic mass is 9.94. The lowest BCUT2D eigenvalue weighted by molar-refractivity contribution is 1.30. The molecule has 2 heteroatoms. The van der Waals surface area contributed by atoms with Crippen LogP contribution >= 0.6 is 11.3 Å². The second-order valence-corrected chi connectivity index (χ2v) is 13.6. The number of para-hydroxylation sites is 1. The standard InChI is InChI=1S/C46H29NS/c1-2-11-36(12-3-1)47(41-15-8-16-42-46(41)45-39-14-7-5-10-32(39)25-28-43(45)48-42)37-26-23-30(24-27-37)35-22-19-33-18-21-34-20-17-31-9-4-6-13-38(31)44(34)40(33)29-35/h1-29H. The van der Waals surface area contributed by atoms with Crippen molar-refractivity contribution in [2.45, 2.75) is 0 Å². The van der Waals surface area contributed by atoms with Crippen molar-refractivity contribution in [2.75, 3.05) is 4.90 Å². The average molecular weight is 628 g/mol. The van der Waals surface area contributed by atoms with Gasteiger partial charge in [-0.15, -0.1) is 11.3 Å². The van der Waals surface area contributed by atoms with Gasteiger partial charge in [-0.1, -0.05) is 127 Å². The van der Waals surface area contributed by atoms with E-state index in [9.17, 15) is 0 Å². The first-order valence-corrected chi connectivity index (χ1v) is 17.2. The highest BCUT2D eigenvalue weighted by molar-refractivity contribution is 7.26. The molecule has 1 aromatic heterocycles. The Hall–Kier alpha value is -5.96. The van der Waals surface area contributed by atoms with E-state index in [1.54, 1.807) is 0 Å². The molecular weight excluding hydrogens is 599 g/mol. The molecule has 0 N–H and O–H groups in total. The SMILES string of the molecule is c1ccc(N(c2ccc(-c3ccc4ccc5ccc6ccccc6c5c4c3)cc2)c2cccc3sc4ccc5ccccc5c4c23)cc1. The largest absolute Gasteiger partial charge is 0.310 e. The molecule has 9 aromatic carbocycles. The summed E-state index contributed by atoms with van der Waals surface area (Å²) in [6.45, 7) is 0. The first kappa shape index (κ1) is 27.2. The zero-order valence-corrected chi connectivity index (χ0v) is 26.9. The minimum absolute atomic E-state index is 1.13. The van der Waals surface area contributed by atoms with Crippen molar-refractivity contribution in [1.82, 2.24) is 0 Å². The van der Waals surface area contributed by atoms with Crippen molar-refractivity contribution in [3.8, 4) is 11.1 Å². The van der Waals surface area contributed by atoms with Gasteiger partial charge in [0.25, 0.3) is 0 Å². The summed E-state index contributed by atoms with van der Waals surface area (Å²) in [6, 6.07) is 64.4. The fraction of sp³-hybridized carbons (Fsp3) is 0. The molecule has 0 fully saturated rings. The van der Waals surface area contributed by atoms with Gasteiger partial charge in [0, 0.05) is 31.5 Å². The molecule has 0 saturated carbocycles. The molecule has 0 unspecified atom stereocenters. The molecule has 0 spiro atoms. The van der Waals surface area contributed by atoms with Gasteiger partial charge in [0.2, 0.25) is 0 Å². The lowest BCUT2D eigenvalue weighted by Crippen LogP contribution is -2.10. The molecular formula is C46H29NS. The smallest absolute Gasteiger partial charge is 0.0555 e. The Morgan fingerprint density at radius 2 is 0.896 bits per heavy atom. The van der Waals surface area contributed by atoms with Crippen LogP contribution in [-0.2, 0) is 0 Å². The van der Waals surface area contributed by atoms with Crippen LogP contribution in [0.2, 0.25) is 0 Å². The highest BCUT2D eigenvalue weighted by atomic mass is 32.1. The summed E-state index contributed by atoms with van der Waals surface area (Å²) in [4.78, 5) is 2.42. The Bertz CT molecular complexity index is 2820. The molecule has 224 valence electrons. The van der Waals surface area contributed by atoms with Crippen LogP contribution in [0.4, 0.5) is 17.1 Å². The predicted molar refractivity (Wildman–Crippen MR) is 209 cm³/mol. The topological polar surface area (TPSA) is 3.24 Å². The molecule has 0 aliphatic heterocycles. The second-order valence-electron chi connectivity index (χ2n) is 12.5. The van der Waals surface area contributed by atoms with Crippen LogP contribution in [0.25, 0.3) is 74.4 Å². The summed E-state index contributed by atoms with van der Waals surface area (Å²) >= 11 is 1.87. The van der Waals surface area contributed by atoms with Gasteiger partial charge in [-0.25, -0.2) is 0 Å². The number of nitrogens with zero attached hydrogens (tertiary/aromatic N) is 1. The highest BCUT2D eigenvalue weighted by Gasteiger charge is 2.19. The number of fused-ring (bicyclic) bond motifs is 10. The van der Waals surface area contributed by atoms with E-state index in [2.05, 4.69) is 181 Å². The van der Waals surface area contributed by atoms with Crippen molar-refractivity contribution in [3.63, 3.8) is 0 Å². The predicted octanol–water partition coefficient (Wildman–Crippen LogP) is 13.8. The number of rotatable bonds is 4. The quantitative estimate of drug-likeness (QED) is 0.176. The Balaban J connectivity index is 1.15. The van der Waals surface area contributed by atoms with Crippen LogP contribution in [0, 0.1) is 0 Å². The fourth-order valence-corrected chi connectivity index (χ4v) is 8.71. The number of thiophene rings is 1. The summed E-state index contributed by atoms with van der Waals surface area (Å²) in [5.41, 5.74) is 5.89. The molecule has 10 aromatic rings. The van der Waals surface area contributed by atoms with E-state index in [1.807, 2.05) is 11.3 Å². The Kier molecular flexibility index (Phi) is 6.12. The summed E-state index contributed by atoms with van der Waals surface area (Å²) in [5.74, 6) is 0. The molecule has 0 atom stereocenters. The van der Waals surface area contributed by atoms with Crippen molar-refractivity contribution in [2.24, 2.45) is 0 Å². The van der Waals surface area contributed by atoms with Gasteiger partial charge in [-0.3, -0.25) is 0 Å². The Morgan fingerprint density at radius 1 is 0.333 bits per heavy atom. The molecule has 0 radical (unpaired) electrons. The van der Waals surface area contributed by atoms with Crippen LogP contribution in [0.15, 0.2) is 176 Å². The van der Waals surface area contributed by atoms with Gasteiger partial charge in [0.15, 0.2) is 0 Å². The molecule has 1 heterocycles. The summed E-state index contributed by atoms with van der Waals surface area (Å²) < 4.78 is 2.61. The van der Waals surface area contributed by atoms with Gasteiger partial charge in [-0.2, -0.15) is 0 Å². The molecule has 1 nitrogen and oxygen atoms in total. The third kappa shape index (κ3) is 4.24. The molecule has 0 aliphatic carbocycles. The van der Waals surface area contributed by atoms with Crippen molar-refractivity contribution < 1.29 is 0 Å². The summed E-state index contributed by atoms with van der Waals surface area (Å²) in [7, 11) is 0. The van der Waals surface area contributed by atoms with Gasteiger partial charge in [0.05, 0.1) is 5.69 Å². The third-order valence-electron chi connectivity index (χ3n) is 9.81. The maximum Gasteiger partial charge on any atom is 0.0555 e. The first-order chi connectivity index (χ1) is 23.8. The normalized spacial score (nSPS) is 11.8. The van der Waals surface area contributed by atoms with Crippen LogP contribution in [0.5, 0.6) is 0 Å². The molecule has 0 bridgehead atoms. The minimum atomic E-state index is 1.13. The van der Waals surface area contributed by atoms with Crippen LogP contribution in [0.3, 0.4) is 0 Å². The summed E-state index contributed by atoms with van der Waals surface area (Å²) in [5, 5.41) is 12.9. The van der Waals surface area contributed by atoms with Crippen LogP contribution in [0.1, 0.15) is 0 Å². The van der Waals surface area contributed by atoms with E-state index >= 15 is 0 Å². The van der Waals surface area contributed by atoms with Gasteiger partial charge in [0.1, 0.15) is 0 Å². The second kappa shape index (κ2) is 10.8. The average Bonchev–Trinajstić information content (AvgIpc) is 3.55. The van der Waals surface area contributed by atoms with Gasteiger partial charge in [-0.05, 0) is 103 Å². The van der Waals surface area contributed by atoms with Gasteiger partial charge < -0.3 is 4.90 Å². The monoisotopic (exact) mass is 627 g/mol. The third-order valence-corrected chi connectivity index (χ3v) is 10.9. The van der Waals surface area contributed by atoms with E-state index in [1.165, 1.54) is 80.1 Å². The lowest BCUT2D eigenvalue weighted by Gasteiger charge is -2.26. The van der Waals surface area contributed by atoms with E-state index in [0.717, 1.165) is 11.4 Å². The van der Waals surface area contributed by atoms with Crippen molar-refractivity contribution in [1.29, 1.82) is 0 Å². The minimum Gasteiger partial charge on any atom is -0.310 e. The van der Waals surface area contributed by atoms with Crippen LogP contribution in [-0.4, -0.2) is 0 Å². The maximum absolute atomic E-state index is 2.42. The van der Waals surface area contributed by atoms with Crippen molar-refractivity contribution >= 4 is 91.7 Å². The Morgan fingerprint density at radius 3 is 1.67 bits per heavy atom. The molecule has 0 saturated heterocycles. The number of hydrogen-bond donors (Lipinski definition) is 0. The summed E-state index contributed by atoms with van der Waals surface area (Å²) in [6.07, 6.45) is 0. The number of benzene rings is 9. The fourth-order valence-electron chi connectivity index (χ4n) is 7.57. The van der Waals surface area contributed by atoms with E-state index < -0.39 is 0 Å². The number of anilines is 3. The maximum atomic E-state index is 2.42. The molecule has 48 heavy (non-hydrogen) atoms. The zero-order chi connectivity index (χ0) is 31.6.